The molecule has 0 aromatic heterocycles. The van der Waals surface area contributed by atoms with Crippen molar-refractivity contribution in [2.45, 2.75) is 186 Å². The first-order valence-corrected chi connectivity index (χ1v) is 24.6. The van der Waals surface area contributed by atoms with Crippen LogP contribution in [0.2, 0.25) is 0 Å². The number of phosphoric ester groups is 1. The van der Waals surface area contributed by atoms with Gasteiger partial charge in [0.15, 0.2) is 6.10 Å². The normalized spacial score (nSPS) is 17.5. The Morgan fingerprint density at radius 3 is 1.73 bits per heavy atom. The summed E-state index contributed by atoms with van der Waals surface area (Å²) in [5, 5.41) is 0. The molecule has 0 radical (unpaired) electrons. The van der Waals surface area contributed by atoms with Crippen LogP contribution in [0.3, 0.4) is 0 Å². The number of esters is 2. The zero-order chi connectivity index (χ0) is 43.3. The molecule has 0 saturated carbocycles. The second-order valence-corrected chi connectivity index (χ2v) is 18.3. The number of nitrogens with zero attached hydrogens (tertiary/aromatic N) is 1. The molecule has 4 atom stereocenters. The molecule has 1 N–H and O–H groups in total. The number of unbranched alkanes of at least 4 members (excludes halogenated alkanes) is 13. The number of quaternary nitrogens is 1. The van der Waals surface area contributed by atoms with Crippen molar-refractivity contribution < 1.29 is 46.8 Å². The van der Waals surface area contributed by atoms with E-state index in [1.807, 2.05) is 21.1 Å². The van der Waals surface area contributed by atoms with Crippen molar-refractivity contribution in [2.24, 2.45) is 0 Å². The second-order valence-electron chi connectivity index (χ2n) is 16.8. The molecule has 1 heterocycles. The van der Waals surface area contributed by atoms with E-state index in [1.54, 1.807) is 0 Å². The minimum Gasteiger partial charge on any atom is -0.462 e. The molecule has 1 saturated heterocycles. The number of ether oxygens (including phenoxy) is 3. The molecule has 11 heteroatoms. The van der Waals surface area contributed by atoms with Gasteiger partial charge in [0.2, 0.25) is 0 Å². The first kappa shape index (κ1) is 54.7. The van der Waals surface area contributed by atoms with Crippen LogP contribution in [0.1, 0.15) is 168 Å². The van der Waals surface area contributed by atoms with Crippen LogP contribution in [0.15, 0.2) is 60.8 Å². The number of likely N-dealkylation sites (N-methyl/N-ethyl adjacent to an activating group) is 1. The van der Waals surface area contributed by atoms with E-state index in [0.29, 0.717) is 36.1 Å². The van der Waals surface area contributed by atoms with Crippen molar-refractivity contribution >= 4 is 19.8 Å². The topological polar surface area (TPSA) is 121 Å². The molecule has 0 aromatic carbocycles. The van der Waals surface area contributed by atoms with E-state index in [2.05, 4.69) is 74.6 Å². The predicted molar refractivity (Wildman–Crippen MR) is 242 cm³/mol. The monoisotopic (exact) mass is 851 g/mol. The van der Waals surface area contributed by atoms with Gasteiger partial charge in [-0.05, 0) is 83.5 Å². The number of rotatable bonds is 40. The van der Waals surface area contributed by atoms with Crippen LogP contribution in [-0.4, -0.2) is 87.1 Å². The molecule has 1 aliphatic heterocycles. The van der Waals surface area contributed by atoms with Gasteiger partial charge in [0.05, 0.1) is 40.0 Å². The first-order chi connectivity index (χ1) is 28.5. The summed E-state index contributed by atoms with van der Waals surface area (Å²) in [6, 6.07) is 0. The second kappa shape index (κ2) is 36.3. The lowest BCUT2D eigenvalue weighted by Crippen LogP contribution is -2.37. The summed E-state index contributed by atoms with van der Waals surface area (Å²) in [7, 11) is 1.43. The van der Waals surface area contributed by atoms with Crippen molar-refractivity contribution in [1.29, 1.82) is 0 Å². The standard InChI is InChI=1S/C48H84NO9P/c1-6-8-10-12-14-15-16-17-18-19-20-21-22-23-24-25-26-30-35-39-48(51)57-44(43-56-59(52,53)55-41-40-49(3,4)5)42-54-47(50)38-34-31-27-29-33-37-46-45(58-46)36-32-28-13-11-9-7-2/h14-15,17-18,20-21,23-24,28,32,44-46H,6-13,16,19,22,25-27,29-31,33-43H2,1-5H3/p+1/b15-14-,18-17-,21-20-,24-23-,32-28-/t44-,45?,46?/m1/s1. The molecule has 1 aliphatic rings. The lowest BCUT2D eigenvalue weighted by Gasteiger charge is -2.24. The van der Waals surface area contributed by atoms with Crippen LogP contribution in [0.4, 0.5) is 0 Å². The average Bonchev–Trinajstić information content (AvgIpc) is 3.94. The quantitative estimate of drug-likeness (QED) is 0.0160. The third kappa shape index (κ3) is 37.2. The third-order valence-electron chi connectivity index (χ3n) is 9.94. The van der Waals surface area contributed by atoms with E-state index in [4.69, 9.17) is 23.3 Å². The van der Waals surface area contributed by atoms with Crippen LogP contribution < -0.4 is 0 Å². The SMILES string of the molecule is CCCCC/C=C\C/C=C\C/C=C\C/C=C\CCCCCC(=O)O[C@H](COC(=O)CCCCCCCC1OC1C/C=C\CCCCC)COP(=O)(O)OCC[N+](C)(C)C. The summed E-state index contributed by atoms with van der Waals surface area (Å²) in [4.78, 5) is 35.5. The fraction of sp³-hybridized carbons (Fsp3) is 0.750. The fourth-order valence-corrected chi connectivity index (χ4v) is 6.92. The Balaban J connectivity index is 2.31. The summed E-state index contributed by atoms with van der Waals surface area (Å²) in [6.07, 6.45) is 45.7. The van der Waals surface area contributed by atoms with Gasteiger partial charge in [-0.15, -0.1) is 0 Å². The number of carbonyl (C=O) groups excluding carboxylic acids is 2. The Kier molecular flexibility index (Phi) is 33.7. The van der Waals surface area contributed by atoms with Gasteiger partial charge in [0.25, 0.3) is 0 Å². The maximum Gasteiger partial charge on any atom is 0.472 e. The van der Waals surface area contributed by atoms with Gasteiger partial charge in [-0.3, -0.25) is 18.6 Å². The predicted octanol–water partition coefficient (Wildman–Crippen LogP) is 12.2. The van der Waals surface area contributed by atoms with Crippen LogP contribution in [-0.2, 0) is 37.4 Å². The maximum atomic E-state index is 12.7. The molecular formula is C48H85NO9P+. The molecule has 3 unspecified atom stereocenters. The third-order valence-corrected chi connectivity index (χ3v) is 10.9. The largest absolute Gasteiger partial charge is 0.472 e. The Hall–Kier alpha value is -2.33. The first-order valence-electron chi connectivity index (χ1n) is 23.1. The van der Waals surface area contributed by atoms with Crippen molar-refractivity contribution in [3.8, 4) is 0 Å². The van der Waals surface area contributed by atoms with Gasteiger partial charge in [0.1, 0.15) is 19.8 Å². The molecule has 0 spiro atoms. The van der Waals surface area contributed by atoms with E-state index >= 15 is 0 Å². The lowest BCUT2D eigenvalue weighted by molar-refractivity contribution is -0.870. The number of hydrogen-bond acceptors (Lipinski definition) is 8. The van der Waals surface area contributed by atoms with E-state index in [-0.39, 0.29) is 26.1 Å². The van der Waals surface area contributed by atoms with Crippen LogP contribution >= 0.6 is 7.82 Å². The van der Waals surface area contributed by atoms with Crippen LogP contribution in [0.5, 0.6) is 0 Å². The molecule has 0 bridgehead atoms. The Morgan fingerprint density at radius 1 is 0.627 bits per heavy atom. The van der Waals surface area contributed by atoms with Crippen LogP contribution in [0.25, 0.3) is 0 Å². The molecule has 10 nitrogen and oxygen atoms in total. The summed E-state index contributed by atoms with van der Waals surface area (Å²) in [5.41, 5.74) is 0. The molecule has 0 aliphatic carbocycles. The molecular weight excluding hydrogens is 766 g/mol. The van der Waals surface area contributed by atoms with Crippen molar-refractivity contribution in [1.82, 2.24) is 0 Å². The Bertz CT molecular complexity index is 1260. The van der Waals surface area contributed by atoms with Gasteiger partial charge in [-0.2, -0.15) is 0 Å². The van der Waals surface area contributed by atoms with E-state index in [0.717, 1.165) is 83.5 Å². The van der Waals surface area contributed by atoms with Crippen molar-refractivity contribution in [2.75, 3.05) is 47.5 Å². The molecule has 340 valence electrons. The minimum atomic E-state index is -4.40. The molecule has 0 aromatic rings. The van der Waals surface area contributed by atoms with Gasteiger partial charge in [-0.1, -0.05) is 132 Å². The number of hydrogen-bond donors (Lipinski definition) is 1. The van der Waals surface area contributed by atoms with Gasteiger partial charge >= 0.3 is 19.8 Å². The summed E-state index contributed by atoms with van der Waals surface area (Å²) in [5.74, 6) is -0.862. The van der Waals surface area contributed by atoms with Gasteiger partial charge in [0, 0.05) is 12.8 Å². The number of phosphoric acid groups is 1. The van der Waals surface area contributed by atoms with E-state index < -0.39 is 32.5 Å². The summed E-state index contributed by atoms with van der Waals surface area (Å²) >= 11 is 0. The number of carbonyl (C=O) groups is 2. The number of epoxide rings is 1. The maximum absolute atomic E-state index is 12.7. The van der Waals surface area contributed by atoms with E-state index in [9.17, 15) is 19.0 Å². The Labute approximate surface area is 360 Å². The fourth-order valence-electron chi connectivity index (χ4n) is 6.18. The molecule has 0 amide bonds. The van der Waals surface area contributed by atoms with Crippen LogP contribution in [0, 0.1) is 0 Å². The Morgan fingerprint density at radius 2 is 1.14 bits per heavy atom. The molecule has 1 rings (SSSR count). The molecule has 59 heavy (non-hydrogen) atoms. The smallest absolute Gasteiger partial charge is 0.462 e. The highest BCUT2D eigenvalue weighted by atomic mass is 31.2. The van der Waals surface area contributed by atoms with Crippen molar-refractivity contribution in [3.05, 3.63) is 60.8 Å². The zero-order valence-electron chi connectivity index (χ0n) is 37.9. The average molecular weight is 851 g/mol. The highest BCUT2D eigenvalue weighted by Gasteiger charge is 2.36. The summed E-state index contributed by atoms with van der Waals surface area (Å²) in [6.45, 7) is 4.29. The molecule has 1 fully saturated rings. The van der Waals surface area contributed by atoms with Gasteiger partial charge < -0.3 is 23.6 Å². The van der Waals surface area contributed by atoms with Gasteiger partial charge in [-0.25, -0.2) is 4.57 Å². The minimum absolute atomic E-state index is 0.0174. The number of allylic oxidation sites excluding steroid dienone is 9. The lowest BCUT2D eigenvalue weighted by atomic mass is 10.1. The summed E-state index contributed by atoms with van der Waals surface area (Å²) < 4.78 is 40.1. The highest BCUT2D eigenvalue weighted by Crippen LogP contribution is 2.43. The highest BCUT2D eigenvalue weighted by molar-refractivity contribution is 7.47. The van der Waals surface area contributed by atoms with E-state index in [1.165, 1.54) is 44.9 Å². The van der Waals surface area contributed by atoms with Crippen molar-refractivity contribution in [3.63, 3.8) is 0 Å². The zero-order valence-corrected chi connectivity index (χ0v) is 38.8.